The van der Waals surface area contributed by atoms with Crippen LogP contribution in [-0.2, 0) is 4.79 Å². The maximum Gasteiger partial charge on any atom is 0.239 e. The van der Waals surface area contributed by atoms with Gasteiger partial charge in [-0.3, -0.25) is 4.79 Å². The fourth-order valence-corrected chi connectivity index (χ4v) is 1.49. The van der Waals surface area contributed by atoms with Gasteiger partial charge in [0, 0.05) is 12.2 Å². The number of nitrogens with one attached hydrogen (secondary N) is 2. The largest absolute Gasteiger partial charge is 0.399 e. The molecule has 0 unspecified atom stereocenters. The molecule has 1 aromatic carbocycles. The molecule has 94 valence electrons. The lowest BCUT2D eigenvalue weighted by molar-refractivity contribution is -0.119. The van der Waals surface area contributed by atoms with Gasteiger partial charge in [-0.2, -0.15) is 0 Å². The normalized spacial score (nSPS) is 10.4. The lowest BCUT2D eigenvalue weighted by atomic mass is 10.2. The summed E-state index contributed by atoms with van der Waals surface area (Å²) < 4.78 is 0. The monoisotopic (exact) mass is 255 g/mol. The molecule has 0 aliphatic carbocycles. The lowest BCUT2D eigenvalue weighted by Gasteiger charge is -2.10. The molecule has 0 fully saturated rings. The van der Waals surface area contributed by atoms with E-state index in [-0.39, 0.29) is 12.5 Å². The third kappa shape index (κ3) is 4.95. The van der Waals surface area contributed by atoms with E-state index in [2.05, 4.69) is 10.6 Å². The Morgan fingerprint density at radius 3 is 2.76 bits per heavy atom. The van der Waals surface area contributed by atoms with E-state index in [1.807, 2.05) is 13.8 Å². The van der Waals surface area contributed by atoms with Crippen LogP contribution in [0.1, 0.15) is 13.8 Å². The fourth-order valence-electron chi connectivity index (χ4n) is 1.23. The summed E-state index contributed by atoms with van der Waals surface area (Å²) in [5.41, 5.74) is 6.88. The van der Waals surface area contributed by atoms with Gasteiger partial charge in [0.05, 0.1) is 17.3 Å². The van der Waals surface area contributed by atoms with E-state index in [0.717, 1.165) is 0 Å². The summed E-state index contributed by atoms with van der Waals surface area (Å²) in [6.45, 7) is 4.97. The molecule has 1 rings (SSSR count). The van der Waals surface area contributed by atoms with Gasteiger partial charge in [0.2, 0.25) is 5.91 Å². The summed E-state index contributed by atoms with van der Waals surface area (Å²) in [5.74, 6) is 0.394. The van der Waals surface area contributed by atoms with Crippen molar-refractivity contribution < 1.29 is 4.79 Å². The van der Waals surface area contributed by atoms with Crippen LogP contribution in [0.25, 0.3) is 0 Å². The SMILES string of the molecule is CC(C)CNC(=O)CNc1ccc(N)cc1Cl. The minimum Gasteiger partial charge on any atom is -0.399 e. The summed E-state index contributed by atoms with van der Waals surface area (Å²) in [6.07, 6.45) is 0. The molecule has 0 aliphatic heterocycles. The van der Waals surface area contributed by atoms with Gasteiger partial charge in [0.15, 0.2) is 0 Å². The second kappa shape index (κ2) is 6.35. The molecule has 5 heteroatoms. The highest BCUT2D eigenvalue weighted by Gasteiger charge is 2.04. The van der Waals surface area contributed by atoms with Crippen molar-refractivity contribution in [3.63, 3.8) is 0 Å². The van der Waals surface area contributed by atoms with Crippen molar-refractivity contribution in [3.05, 3.63) is 23.2 Å². The molecule has 0 saturated heterocycles. The first-order chi connectivity index (χ1) is 7.99. The first kappa shape index (κ1) is 13.6. The number of carbonyl (C=O) groups is 1. The van der Waals surface area contributed by atoms with E-state index >= 15 is 0 Å². The molecule has 0 spiro atoms. The summed E-state index contributed by atoms with van der Waals surface area (Å²) in [7, 11) is 0. The molecule has 0 saturated carbocycles. The molecular formula is C12H18ClN3O. The van der Waals surface area contributed by atoms with Gasteiger partial charge < -0.3 is 16.4 Å². The van der Waals surface area contributed by atoms with Gasteiger partial charge in [0.1, 0.15) is 0 Å². The number of carbonyl (C=O) groups excluding carboxylic acids is 1. The van der Waals surface area contributed by atoms with Gasteiger partial charge >= 0.3 is 0 Å². The fraction of sp³-hybridized carbons (Fsp3) is 0.417. The molecule has 1 amide bonds. The van der Waals surface area contributed by atoms with Crippen LogP contribution in [0.5, 0.6) is 0 Å². The van der Waals surface area contributed by atoms with Crippen LogP contribution >= 0.6 is 11.6 Å². The summed E-state index contributed by atoms with van der Waals surface area (Å²) in [5, 5.41) is 6.29. The zero-order chi connectivity index (χ0) is 12.8. The predicted octanol–water partition coefficient (Wildman–Crippen LogP) is 2.11. The predicted molar refractivity (Wildman–Crippen MR) is 72.2 cm³/mol. The Labute approximate surface area is 107 Å². The van der Waals surface area contributed by atoms with Crippen molar-refractivity contribution in [2.75, 3.05) is 24.1 Å². The van der Waals surface area contributed by atoms with E-state index in [4.69, 9.17) is 17.3 Å². The van der Waals surface area contributed by atoms with Gasteiger partial charge in [-0.15, -0.1) is 0 Å². The maximum atomic E-state index is 11.5. The van der Waals surface area contributed by atoms with Crippen molar-refractivity contribution in [1.82, 2.24) is 5.32 Å². The van der Waals surface area contributed by atoms with E-state index in [9.17, 15) is 4.79 Å². The molecule has 17 heavy (non-hydrogen) atoms. The third-order valence-electron chi connectivity index (χ3n) is 2.14. The van der Waals surface area contributed by atoms with Gasteiger partial charge in [-0.05, 0) is 24.1 Å². The van der Waals surface area contributed by atoms with Crippen molar-refractivity contribution in [1.29, 1.82) is 0 Å². The van der Waals surface area contributed by atoms with E-state index in [1.54, 1.807) is 18.2 Å². The topological polar surface area (TPSA) is 67.2 Å². The second-order valence-electron chi connectivity index (χ2n) is 4.29. The third-order valence-corrected chi connectivity index (χ3v) is 2.45. The second-order valence-corrected chi connectivity index (χ2v) is 4.70. The molecule has 4 N–H and O–H groups in total. The number of hydrogen-bond donors (Lipinski definition) is 3. The quantitative estimate of drug-likeness (QED) is 0.706. The highest BCUT2D eigenvalue weighted by atomic mass is 35.5. The molecular weight excluding hydrogens is 238 g/mol. The highest BCUT2D eigenvalue weighted by molar-refractivity contribution is 6.33. The van der Waals surface area contributed by atoms with Crippen LogP contribution < -0.4 is 16.4 Å². The zero-order valence-corrected chi connectivity index (χ0v) is 10.8. The first-order valence-electron chi connectivity index (χ1n) is 5.54. The minimum atomic E-state index is -0.0495. The average molecular weight is 256 g/mol. The lowest BCUT2D eigenvalue weighted by Crippen LogP contribution is -2.32. The maximum absolute atomic E-state index is 11.5. The summed E-state index contributed by atoms with van der Waals surface area (Å²) in [4.78, 5) is 11.5. The number of nitrogen functional groups attached to an aromatic ring is 1. The van der Waals surface area contributed by atoms with Crippen LogP contribution in [0.4, 0.5) is 11.4 Å². The Morgan fingerprint density at radius 1 is 1.47 bits per heavy atom. The van der Waals surface area contributed by atoms with Crippen molar-refractivity contribution >= 4 is 28.9 Å². The van der Waals surface area contributed by atoms with Crippen molar-refractivity contribution in [2.45, 2.75) is 13.8 Å². The van der Waals surface area contributed by atoms with Gasteiger partial charge in [-0.25, -0.2) is 0 Å². The van der Waals surface area contributed by atoms with Crippen LogP contribution in [-0.4, -0.2) is 19.0 Å². The average Bonchev–Trinajstić information content (AvgIpc) is 2.25. The number of benzene rings is 1. The van der Waals surface area contributed by atoms with Crippen LogP contribution in [0.3, 0.4) is 0 Å². The molecule has 0 atom stereocenters. The standard InChI is InChI=1S/C12H18ClN3O/c1-8(2)6-16-12(17)7-15-11-4-3-9(14)5-10(11)13/h3-5,8,15H,6-7,14H2,1-2H3,(H,16,17). The zero-order valence-electron chi connectivity index (χ0n) is 10.1. The summed E-state index contributed by atoms with van der Waals surface area (Å²) >= 11 is 5.97. The van der Waals surface area contributed by atoms with Gasteiger partial charge in [0.25, 0.3) is 0 Å². The Hall–Kier alpha value is -1.42. The molecule has 0 radical (unpaired) electrons. The smallest absolute Gasteiger partial charge is 0.239 e. The highest BCUT2D eigenvalue weighted by Crippen LogP contribution is 2.23. The number of nitrogens with two attached hydrogens (primary N) is 1. The number of hydrogen-bond acceptors (Lipinski definition) is 3. The first-order valence-corrected chi connectivity index (χ1v) is 5.92. The molecule has 0 aliphatic rings. The summed E-state index contributed by atoms with van der Waals surface area (Å²) in [6, 6.07) is 5.14. The Kier molecular flexibility index (Phi) is 5.10. The molecule has 4 nitrogen and oxygen atoms in total. The van der Waals surface area contributed by atoms with Crippen LogP contribution in [0, 0.1) is 5.92 Å². The molecule has 0 aromatic heterocycles. The number of rotatable bonds is 5. The molecule has 0 heterocycles. The molecule has 1 aromatic rings. The Bertz CT molecular complexity index is 393. The Morgan fingerprint density at radius 2 is 2.18 bits per heavy atom. The van der Waals surface area contributed by atoms with Crippen LogP contribution in [0.15, 0.2) is 18.2 Å². The van der Waals surface area contributed by atoms with E-state index < -0.39 is 0 Å². The minimum absolute atomic E-state index is 0.0495. The number of amides is 1. The van der Waals surface area contributed by atoms with E-state index in [1.165, 1.54) is 0 Å². The van der Waals surface area contributed by atoms with Crippen LogP contribution in [0.2, 0.25) is 5.02 Å². The van der Waals surface area contributed by atoms with E-state index in [0.29, 0.717) is 28.9 Å². The number of anilines is 2. The van der Waals surface area contributed by atoms with Crippen molar-refractivity contribution in [2.24, 2.45) is 5.92 Å². The molecule has 0 bridgehead atoms. The van der Waals surface area contributed by atoms with Crippen molar-refractivity contribution in [3.8, 4) is 0 Å². The Balaban J connectivity index is 2.42. The number of halogens is 1. The van der Waals surface area contributed by atoms with Gasteiger partial charge in [-0.1, -0.05) is 25.4 Å².